The van der Waals surface area contributed by atoms with Gasteiger partial charge in [0.1, 0.15) is 0 Å². The average molecular weight is 199 g/mol. The van der Waals surface area contributed by atoms with Crippen LogP contribution in [0.2, 0.25) is 0 Å². The van der Waals surface area contributed by atoms with Gasteiger partial charge in [0.05, 0.1) is 6.10 Å². The molecule has 14 heavy (non-hydrogen) atoms. The maximum atomic E-state index is 5.75. The van der Waals surface area contributed by atoms with Crippen molar-refractivity contribution in [1.29, 1.82) is 0 Å². The van der Waals surface area contributed by atoms with Crippen LogP contribution in [0.3, 0.4) is 0 Å². The van der Waals surface area contributed by atoms with Crippen molar-refractivity contribution in [1.82, 2.24) is 5.32 Å². The predicted octanol–water partition coefficient (Wildman–Crippen LogP) is 2.72. The number of hydrogen-bond donors (Lipinski definition) is 1. The van der Waals surface area contributed by atoms with E-state index in [0.717, 1.165) is 12.6 Å². The zero-order valence-corrected chi connectivity index (χ0v) is 9.72. The highest BCUT2D eigenvalue weighted by molar-refractivity contribution is 4.71. The molecule has 0 saturated carbocycles. The Bertz CT molecular complexity index is 132. The predicted molar refractivity (Wildman–Crippen MR) is 60.6 cm³/mol. The van der Waals surface area contributed by atoms with Crippen LogP contribution in [-0.4, -0.2) is 25.3 Å². The summed E-state index contributed by atoms with van der Waals surface area (Å²) >= 11 is 0. The third kappa shape index (κ3) is 4.97. The van der Waals surface area contributed by atoms with Crippen LogP contribution in [0.1, 0.15) is 52.4 Å². The molecule has 2 nitrogen and oxygen atoms in total. The molecular weight excluding hydrogens is 174 g/mol. The van der Waals surface area contributed by atoms with Crippen LogP contribution < -0.4 is 5.32 Å². The molecule has 1 aliphatic rings. The molecule has 1 N–H and O–H groups in total. The van der Waals surface area contributed by atoms with E-state index < -0.39 is 0 Å². The summed E-state index contributed by atoms with van der Waals surface area (Å²) in [7, 11) is 0. The molecule has 0 aliphatic carbocycles. The van der Waals surface area contributed by atoms with E-state index in [1.807, 2.05) is 0 Å². The largest absolute Gasteiger partial charge is 0.378 e. The molecule has 2 heteroatoms. The second kappa shape index (κ2) is 7.24. The number of nitrogens with one attached hydrogen (secondary N) is 1. The van der Waals surface area contributed by atoms with E-state index in [1.165, 1.54) is 45.1 Å². The van der Waals surface area contributed by atoms with Gasteiger partial charge in [0.25, 0.3) is 0 Å². The quantitative estimate of drug-likeness (QED) is 0.710. The summed E-state index contributed by atoms with van der Waals surface area (Å²) in [5, 5.41) is 3.54. The molecule has 1 saturated heterocycles. The van der Waals surface area contributed by atoms with E-state index in [0.29, 0.717) is 6.10 Å². The van der Waals surface area contributed by atoms with Crippen molar-refractivity contribution in [3.8, 4) is 0 Å². The van der Waals surface area contributed by atoms with Crippen LogP contribution >= 0.6 is 0 Å². The molecule has 84 valence electrons. The Hall–Kier alpha value is -0.0800. The maximum Gasteiger partial charge on any atom is 0.0546 e. The number of ether oxygens (including phenoxy) is 1. The molecule has 0 spiro atoms. The lowest BCUT2D eigenvalue weighted by Crippen LogP contribution is -2.35. The molecule has 0 radical (unpaired) electrons. The minimum absolute atomic E-state index is 0.448. The van der Waals surface area contributed by atoms with E-state index in [4.69, 9.17) is 4.74 Å². The van der Waals surface area contributed by atoms with E-state index in [2.05, 4.69) is 19.2 Å². The van der Waals surface area contributed by atoms with E-state index in [9.17, 15) is 0 Å². The molecule has 0 aromatic heterocycles. The van der Waals surface area contributed by atoms with Crippen LogP contribution in [0.15, 0.2) is 0 Å². The normalized spacial score (nSPS) is 24.9. The molecule has 2 atom stereocenters. The summed E-state index contributed by atoms with van der Waals surface area (Å²) in [5.41, 5.74) is 0. The van der Waals surface area contributed by atoms with Gasteiger partial charge in [-0.3, -0.25) is 0 Å². The van der Waals surface area contributed by atoms with Crippen LogP contribution in [-0.2, 0) is 4.74 Å². The first kappa shape index (κ1) is 12.0. The fourth-order valence-electron chi connectivity index (χ4n) is 2.07. The van der Waals surface area contributed by atoms with E-state index in [-0.39, 0.29) is 0 Å². The first-order chi connectivity index (χ1) is 6.83. The van der Waals surface area contributed by atoms with Crippen molar-refractivity contribution in [3.63, 3.8) is 0 Å². The summed E-state index contributed by atoms with van der Waals surface area (Å²) in [6.07, 6.45) is 8.13. The van der Waals surface area contributed by atoms with Gasteiger partial charge in [-0.05, 0) is 39.2 Å². The van der Waals surface area contributed by atoms with Gasteiger partial charge < -0.3 is 10.1 Å². The van der Waals surface area contributed by atoms with Gasteiger partial charge in [-0.25, -0.2) is 0 Å². The van der Waals surface area contributed by atoms with Crippen molar-refractivity contribution < 1.29 is 4.74 Å². The van der Waals surface area contributed by atoms with Gasteiger partial charge in [0.2, 0.25) is 0 Å². The smallest absolute Gasteiger partial charge is 0.0546 e. The standard InChI is InChI=1S/C12H25NO/c1-3-6-11(2)14-10-8-12-7-4-5-9-13-12/h11-13H,3-10H2,1-2H3. The van der Waals surface area contributed by atoms with Gasteiger partial charge in [0.15, 0.2) is 0 Å². The lowest BCUT2D eigenvalue weighted by Gasteiger charge is -2.24. The lowest BCUT2D eigenvalue weighted by atomic mass is 10.0. The molecule has 0 aromatic carbocycles. The Morgan fingerprint density at radius 2 is 2.29 bits per heavy atom. The van der Waals surface area contributed by atoms with Gasteiger partial charge in [-0.2, -0.15) is 0 Å². The van der Waals surface area contributed by atoms with Crippen LogP contribution in [0.25, 0.3) is 0 Å². The maximum absolute atomic E-state index is 5.75. The van der Waals surface area contributed by atoms with E-state index >= 15 is 0 Å². The SMILES string of the molecule is CCCC(C)OCCC1CCCCN1. The third-order valence-corrected chi connectivity index (χ3v) is 2.98. The van der Waals surface area contributed by atoms with E-state index in [1.54, 1.807) is 0 Å². The molecular formula is C12H25NO. The Kier molecular flexibility index (Phi) is 6.20. The topological polar surface area (TPSA) is 21.3 Å². The second-order valence-electron chi connectivity index (χ2n) is 4.41. The zero-order chi connectivity index (χ0) is 10.2. The second-order valence-corrected chi connectivity index (χ2v) is 4.41. The Morgan fingerprint density at radius 3 is 2.93 bits per heavy atom. The van der Waals surface area contributed by atoms with Gasteiger partial charge in [-0.15, -0.1) is 0 Å². The summed E-state index contributed by atoms with van der Waals surface area (Å²) in [6.45, 7) is 6.52. The average Bonchev–Trinajstić information content (AvgIpc) is 2.20. The molecule has 0 amide bonds. The van der Waals surface area contributed by atoms with Crippen molar-refractivity contribution in [2.75, 3.05) is 13.2 Å². The Morgan fingerprint density at radius 1 is 1.43 bits per heavy atom. The summed E-state index contributed by atoms with van der Waals surface area (Å²) in [6, 6.07) is 0.720. The van der Waals surface area contributed by atoms with Crippen LogP contribution in [0.4, 0.5) is 0 Å². The first-order valence-electron chi connectivity index (χ1n) is 6.18. The summed E-state index contributed by atoms with van der Waals surface area (Å²) in [4.78, 5) is 0. The van der Waals surface area contributed by atoms with Gasteiger partial charge >= 0.3 is 0 Å². The minimum Gasteiger partial charge on any atom is -0.378 e. The summed E-state index contributed by atoms with van der Waals surface area (Å²) < 4.78 is 5.75. The van der Waals surface area contributed by atoms with Gasteiger partial charge in [0, 0.05) is 12.6 Å². The minimum atomic E-state index is 0.448. The number of piperidine rings is 1. The number of rotatable bonds is 6. The monoisotopic (exact) mass is 199 g/mol. The molecule has 2 unspecified atom stereocenters. The van der Waals surface area contributed by atoms with Crippen LogP contribution in [0, 0.1) is 0 Å². The number of hydrogen-bond acceptors (Lipinski definition) is 2. The highest BCUT2D eigenvalue weighted by Crippen LogP contribution is 2.11. The highest BCUT2D eigenvalue weighted by atomic mass is 16.5. The fraction of sp³-hybridized carbons (Fsp3) is 1.00. The molecule has 1 heterocycles. The molecule has 1 fully saturated rings. The fourth-order valence-corrected chi connectivity index (χ4v) is 2.07. The van der Waals surface area contributed by atoms with Crippen molar-refractivity contribution in [3.05, 3.63) is 0 Å². The summed E-state index contributed by atoms with van der Waals surface area (Å²) in [5.74, 6) is 0. The van der Waals surface area contributed by atoms with Crippen molar-refractivity contribution in [2.45, 2.75) is 64.5 Å². The lowest BCUT2D eigenvalue weighted by molar-refractivity contribution is 0.0520. The molecule has 0 bridgehead atoms. The molecule has 1 rings (SSSR count). The zero-order valence-electron chi connectivity index (χ0n) is 9.72. The van der Waals surface area contributed by atoms with Gasteiger partial charge in [-0.1, -0.05) is 19.8 Å². The molecule has 0 aromatic rings. The Labute approximate surface area is 88.4 Å². The van der Waals surface area contributed by atoms with Crippen molar-refractivity contribution >= 4 is 0 Å². The van der Waals surface area contributed by atoms with Crippen molar-refractivity contribution in [2.24, 2.45) is 0 Å². The molecule has 1 aliphatic heterocycles. The third-order valence-electron chi connectivity index (χ3n) is 2.98. The van der Waals surface area contributed by atoms with Crippen LogP contribution in [0.5, 0.6) is 0 Å². The Balaban J connectivity index is 1.96. The highest BCUT2D eigenvalue weighted by Gasteiger charge is 2.12. The first-order valence-corrected chi connectivity index (χ1v) is 6.18.